The van der Waals surface area contributed by atoms with Gasteiger partial charge in [-0.1, -0.05) is 18.5 Å². The van der Waals surface area contributed by atoms with Crippen molar-refractivity contribution in [3.63, 3.8) is 0 Å². The first kappa shape index (κ1) is 11.7. The van der Waals surface area contributed by atoms with Crippen molar-refractivity contribution in [1.29, 1.82) is 0 Å². The first-order valence-electron chi connectivity index (χ1n) is 5.29. The molecule has 0 bridgehead atoms. The van der Waals surface area contributed by atoms with Crippen molar-refractivity contribution < 1.29 is 4.42 Å². The molecule has 16 heavy (non-hydrogen) atoms. The number of halogens is 1. The Balaban J connectivity index is 2.09. The van der Waals surface area contributed by atoms with E-state index < -0.39 is 0 Å². The third kappa shape index (κ3) is 2.88. The van der Waals surface area contributed by atoms with Gasteiger partial charge in [0, 0.05) is 22.9 Å². The van der Waals surface area contributed by atoms with Crippen molar-refractivity contribution in [1.82, 2.24) is 5.32 Å². The van der Waals surface area contributed by atoms with Crippen LogP contribution < -0.4 is 5.32 Å². The fourth-order valence-corrected chi connectivity index (χ4v) is 2.82. The Morgan fingerprint density at radius 3 is 2.88 bits per heavy atom. The first-order valence-corrected chi connectivity index (χ1v) is 6.48. The summed E-state index contributed by atoms with van der Waals surface area (Å²) in [6, 6.07) is 6.33. The van der Waals surface area contributed by atoms with Crippen LogP contribution in [0.4, 0.5) is 0 Å². The number of likely N-dealkylation sites (N-methyl/N-ethyl adjacent to an activating group) is 1. The molecular formula is C12H14ClNOS. The van der Waals surface area contributed by atoms with Crippen LogP contribution in [0.5, 0.6) is 0 Å². The van der Waals surface area contributed by atoms with Crippen molar-refractivity contribution in [3.05, 3.63) is 45.5 Å². The lowest BCUT2D eigenvalue weighted by atomic mass is 10.1. The smallest absolute Gasteiger partial charge is 0.0950 e. The first-order chi connectivity index (χ1) is 7.79. The minimum absolute atomic E-state index is 0.304. The molecule has 2 aromatic heterocycles. The van der Waals surface area contributed by atoms with Gasteiger partial charge in [-0.05, 0) is 24.7 Å². The van der Waals surface area contributed by atoms with E-state index in [0.717, 1.165) is 17.3 Å². The van der Waals surface area contributed by atoms with Crippen LogP contribution in [0.3, 0.4) is 0 Å². The average Bonchev–Trinajstić information content (AvgIpc) is 2.88. The molecule has 0 spiro atoms. The maximum absolute atomic E-state index is 5.93. The maximum Gasteiger partial charge on any atom is 0.0950 e. The number of hydrogen-bond acceptors (Lipinski definition) is 3. The minimum atomic E-state index is 0.304. The van der Waals surface area contributed by atoms with E-state index in [1.165, 1.54) is 10.4 Å². The SMILES string of the molecule is CCNC(Cc1ccc(Cl)s1)c1ccoc1. The predicted molar refractivity (Wildman–Crippen MR) is 68.2 cm³/mol. The van der Waals surface area contributed by atoms with Crippen LogP contribution in [0.15, 0.2) is 35.1 Å². The topological polar surface area (TPSA) is 25.2 Å². The summed E-state index contributed by atoms with van der Waals surface area (Å²) in [7, 11) is 0. The summed E-state index contributed by atoms with van der Waals surface area (Å²) in [5.74, 6) is 0. The Morgan fingerprint density at radius 1 is 1.44 bits per heavy atom. The molecule has 2 aromatic rings. The molecule has 0 aliphatic rings. The molecule has 0 fully saturated rings. The van der Waals surface area contributed by atoms with Crippen LogP contribution in [0.1, 0.15) is 23.4 Å². The maximum atomic E-state index is 5.93. The zero-order valence-electron chi connectivity index (χ0n) is 9.07. The van der Waals surface area contributed by atoms with Gasteiger partial charge in [-0.2, -0.15) is 0 Å². The van der Waals surface area contributed by atoms with Crippen molar-refractivity contribution >= 4 is 22.9 Å². The molecular weight excluding hydrogens is 242 g/mol. The Labute approximate surface area is 104 Å². The van der Waals surface area contributed by atoms with Gasteiger partial charge in [0.15, 0.2) is 0 Å². The number of nitrogens with one attached hydrogen (secondary N) is 1. The monoisotopic (exact) mass is 255 g/mol. The van der Waals surface area contributed by atoms with E-state index in [-0.39, 0.29) is 0 Å². The van der Waals surface area contributed by atoms with E-state index >= 15 is 0 Å². The van der Waals surface area contributed by atoms with Crippen LogP contribution in [0.25, 0.3) is 0 Å². The fraction of sp³-hybridized carbons (Fsp3) is 0.333. The zero-order valence-corrected chi connectivity index (χ0v) is 10.6. The number of hydrogen-bond donors (Lipinski definition) is 1. The summed E-state index contributed by atoms with van der Waals surface area (Å²) >= 11 is 7.56. The quantitative estimate of drug-likeness (QED) is 0.877. The molecule has 0 saturated heterocycles. The van der Waals surface area contributed by atoms with Crippen molar-refractivity contribution in [2.45, 2.75) is 19.4 Å². The molecule has 2 nitrogen and oxygen atoms in total. The second-order valence-corrected chi connectivity index (χ2v) is 5.38. The van der Waals surface area contributed by atoms with E-state index in [9.17, 15) is 0 Å². The summed E-state index contributed by atoms with van der Waals surface area (Å²) < 4.78 is 5.97. The van der Waals surface area contributed by atoms with Gasteiger partial charge in [0.2, 0.25) is 0 Å². The summed E-state index contributed by atoms with van der Waals surface area (Å²) in [5.41, 5.74) is 1.19. The Bertz CT molecular complexity index is 424. The molecule has 2 rings (SSSR count). The van der Waals surface area contributed by atoms with Gasteiger partial charge in [0.25, 0.3) is 0 Å². The third-order valence-corrected chi connectivity index (χ3v) is 3.68. The van der Waals surface area contributed by atoms with Crippen LogP contribution in [-0.2, 0) is 6.42 Å². The summed E-state index contributed by atoms with van der Waals surface area (Å²) in [6.07, 6.45) is 4.45. The molecule has 2 heterocycles. The van der Waals surface area contributed by atoms with Crippen LogP contribution in [0, 0.1) is 0 Å². The minimum Gasteiger partial charge on any atom is -0.472 e. The van der Waals surface area contributed by atoms with Crippen LogP contribution in [0.2, 0.25) is 4.34 Å². The highest BCUT2D eigenvalue weighted by molar-refractivity contribution is 7.16. The molecule has 1 N–H and O–H groups in total. The molecule has 0 aromatic carbocycles. The number of furan rings is 1. The van der Waals surface area contributed by atoms with Crippen molar-refractivity contribution in [2.24, 2.45) is 0 Å². The summed E-state index contributed by atoms with van der Waals surface area (Å²) in [4.78, 5) is 1.29. The van der Waals surface area contributed by atoms with Gasteiger partial charge in [-0.25, -0.2) is 0 Å². The Kier molecular flexibility index (Phi) is 4.04. The zero-order chi connectivity index (χ0) is 11.4. The number of rotatable bonds is 5. The van der Waals surface area contributed by atoms with Crippen molar-refractivity contribution in [2.75, 3.05) is 6.54 Å². The van der Waals surface area contributed by atoms with Gasteiger partial charge < -0.3 is 9.73 Å². The summed E-state index contributed by atoms with van der Waals surface area (Å²) in [6.45, 7) is 3.05. The molecule has 1 unspecified atom stereocenters. The van der Waals surface area contributed by atoms with Crippen molar-refractivity contribution in [3.8, 4) is 0 Å². The average molecular weight is 256 g/mol. The molecule has 1 atom stereocenters. The second-order valence-electron chi connectivity index (χ2n) is 3.58. The molecule has 0 radical (unpaired) electrons. The van der Waals surface area contributed by atoms with E-state index in [1.807, 2.05) is 12.1 Å². The largest absolute Gasteiger partial charge is 0.472 e. The summed E-state index contributed by atoms with van der Waals surface area (Å²) in [5, 5.41) is 3.45. The third-order valence-electron chi connectivity index (χ3n) is 2.43. The highest BCUT2D eigenvalue weighted by atomic mass is 35.5. The fourth-order valence-electron chi connectivity index (χ4n) is 1.69. The highest BCUT2D eigenvalue weighted by Crippen LogP contribution is 2.26. The molecule has 4 heteroatoms. The van der Waals surface area contributed by atoms with E-state index in [4.69, 9.17) is 16.0 Å². The molecule has 0 aliphatic carbocycles. The second kappa shape index (κ2) is 5.53. The predicted octanol–water partition coefficient (Wildman–Crippen LogP) is 3.89. The normalized spacial score (nSPS) is 12.9. The van der Waals surface area contributed by atoms with Gasteiger partial charge in [-0.15, -0.1) is 11.3 Å². The Morgan fingerprint density at radius 2 is 2.31 bits per heavy atom. The van der Waals surface area contributed by atoms with E-state index in [2.05, 4.69) is 18.3 Å². The van der Waals surface area contributed by atoms with Gasteiger partial charge in [0.05, 0.1) is 16.9 Å². The molecule has 0 amide bonds. The lowest BCUT2D eigenvalue weighted by Crippen LogP contribution is -2.22. The molecule has 86 valence electrons. The van der Waals surface area contributed by atoms with Gasteiger partial charge in [-0.3, -0.25) is 0 Å². The lowest BCUT2D eigenvalue weighted by Gasteiger charge is -2.14. The molecule has 0 saturated carbocycles. The van der Waals surface area contributed by atoms with Gasteiger partial charge in [0.1, 0.15) is 0 Å². The van der Waals surface area contributed by atoms with Gasteiger partial charge >= 0.3 is 0 Å². The lowest BCUT2D eigenvalue weighted by molar-refractivity contribution is 0.527. The van der Waals surface area contributed by atoms with E-state index in [0.29, 0.717) is 6.04 Å². The standard InChI is InChI=1S/C12H14ClNOS/c1-2-14-11(9-5-6-15-8-9)7-10-3-4-12(13)16-10/h3-6,8,11,14H,2,7H2,1H3. The number of thiophene rings is 1. The highest BCUT2D eigenvalue weighted by Gasteiger charge is 2.13. The Hall–Kier alpha value is -0.770. The van der Waals surface area contributed by atoms with Crippen LogP contribution >= 0.6 is 22.9 Å². The molecule has 0 aliphatic heterocycles. The van der Waals surface area contributed by atoms with Crippen LogP contribution in [-0.4, -0.2) is 6.54 Å². The van der Waals surface area contributed by atoms with E-state index in [1.54, 1.807) is 23.9 Å².